The van der Waals surface area contributed by atoms with Crippen molar-refractivity contribution in [2.45, 2.75) is 32.0 Å². The van der Waals surface area contributed by atoms with E-state index in [0.29, 0.717) is 5.75 Å². The summed E-state index contributed by atoms with van der Waals surface area (Å²) in [5.74, 6) is -0.513. The number of rotatable bonds is 10. The number of benzene rings is 2. The number of ether oxygens (including phenoxy) is 1. The third-order valence-corrected chi connectivity index (χ3v) is 5.75. The fourth-order valence-electron chi connectivity index (χ4n) is 3.82. The predicted molar refractivity (Wildman–Crippen MR) is 133 cm³/mol. The number of aliphatic hydroxyl groups is 1. The van der Waals surface area contributed by atoms with Crippen molar-refractivity contribution in [1.29, 1.82) is 0 Å². The number of aromatic amines is 1. The lowest BCUT2D eigenvalue weighted by Crippen LogP contribution is -2.34. The number of anilines is 1. The lowest BCUT2D eigenvalue weighted by Gasteiger charge is -2.19. The maximum absolute atomic E-state index is 12.7. The number of carboxylic acid groups (broad SMARTS) is 1. The molecule has 0 aliphatic heterocycles. The van der Waals surface area contributed by atoms with Gasteiger partial charge in [-0.15, -0.1) is 0 Å². The summed E-state index contributed by atoms with van der Waals surface area (Å²) >= 11 is 0. The molecule has 4 aromatic rings. The molecule has 0 radical (unpaired) electrons. The number of imidazole rings is 1. The molecule has 0 saturated heterocycles. The van der Waals surface area contributed by atoms with Gasteiger partial charge in [-0.3, -0.25) is 14.3 Å². The van der Waals surface area contributed by atoms with E-state index in [1.165, 1.54) is 11.6 Å². The lowest BCUT2D eigenvalue weighted by atomic mass is 10.1. The summed E-state index contributed by atoms with van der Waals surface area (Å²) in [5, 5.41) is 23.4. The molecule has 36 heavy (non-hydrogen) atoms. The highest BCUT2D eigenvalue weighted by Crippen LogP contribution is 2.19. The molecule has 0 amide bonds. The number of nitrogens with zero attached hydrogens (tertiary/aromatic N) is 3. The second-order valence-electron chi connectivity index (χ2n) is 8.54. The molecule has 0 aliphatic carbocycles. The number of aliphatic carboxylic acids is 1. The Morgan fingerprint density at radius 2 is 1.83 bits per heavy atom. The average Bonchev–Trinajstić information content (AvgIpc) is 3.20. The van der Waals surface area contributed by atoms with Crippen LogP contribution in [0, 0.1) is 6.92 Å². The topological polar surface area (TPSA) is 151 Å². The molecule has 188 valence electrons. The Hall–Kier alpha value is -4.38. The molecule has 0 unspecified atom stereocenters. The first-order valence-corrected chi connectivity index (χ1v) is 11.3. The maximum atomic E-state index is 12.7. The van der Waals surface area contributed by atoms with E-state index in [-0.39, 0.29) is 36.7 Å². The fraction of sp³-hybridized carbons (Fsp3) is 0.280. The molecule has 4 N–H and O–H groups in total. The number of H-pyrrole nitrogens is 1. The first-order chi connectivity index (χ1) is 17.2. The second-order valence-corrected chi connectivity index (χ2v) is 8.54. The van der Waals surface area contributed by atoms with Gasteiger partial charge in [-0.1, -0.05) is 48.0 Å². The van der Waals surface area contributed by atoms with Gasteiger partial charge in [0, 0.05) is 13.5 Å². The first kappa shape index (κ1) is 24.7. The van der Waals surface area contributed by atoms with E-state index in [9.17, 15) is 24.6 Å². The third kappa shape index (κ3) is 5.47. The maximum Gasteiger partial charge on any atom is 0.329 e. The van der Waals surface area contributed by atoms with Crippen LogP contribution in [-0.4, -0.2) is 54.0 Å². The van der Waals surface area contributed by atoms with Crippen LogP contribution in [0.3, 0.4) is 0 Å². The molecule has 2 aromatic carbocycles. The van der Waals surface area contributed by atoms with Gasteiger partial charge in [-0.2, -0.15) is 4.98 Å². The highest BCUT2D eigenvalue weighted by Gasteiger charge is 2.25. The van der Waals surface area contributed by atoms with Gasteiger partial charge in [-0.25, -0.2) is 9.59 Å². The van der Waals surface area contributed by atoms with Crippen LogP contribution in [0.15, 0.2) is 64.2 Å². The van der Waals surface area contributed by atoms with Gasteiger partial charge in [0.1, 0.15) is 24.5 Å². The van der Waals surface area contributed by atoms with Crippen molar-refractivity contribution in [1.82, 2.24) is 19.1 Å². The summed E-state index contributed by atoms with van der Waals surface area (Å²) in [6.45, 7) is 1.73. The second kappa shape index (κ2) is 10.5. The van der Waals surface area contributed by atoms with E-state index in [1.54, 1.807) is 24.3 Å². The minimum atomic E-state index is -1.12. The molecule has 2 atom stereocenters. The number of fused-ring (bicyclic) bond motifs is 1. The van der Waals surface area contributed by atoms with Gasteiger partial charge in [0.2, 0.25) is 5.95 Å². The van der Waals surface area contributed by atoms with E-state index in [4.69, 9.17) is 4.74 Å². The Labute approximate surface area is 205 Å². The highest BCUT2D eigenvalue weighted by molar-refractivity contribution is 5.79. The Balaban J connectivity index is 1.66. The summed E-state index contributed by atoms with van der Waals surface area (Å²) in [6.07, 6.45) is -0.924. The zero-order chi connectivity index (χ0) is 25.8. The van der Waals surface area contributed by atoms with Crippen molar-refractivity contribution in [3.8, 4) is 5.75 Å². The molecule has 11 nitrogen and oxygen atoms in total. The first-order valence-electron chi connectivity index (χ1n) is 11.3. The van der Waals surface area contributed by atoms with Crippen LogP contribution in [0.4, 0.5) is 5.95 Å². The van der Waals surface area contributed by atoms with E-state index in [0.717, 1.165) is 15.7 Å². The number of aliphatic hydroxyl groups excluding tert-OH is 1. The summed E-state index contributed by atoms with van der Waals surface area (Å²) in [5.41, 5.74) is 0.578. The molecule has 11 heteroatoms. The van der Waals surface area contributed by atoms with Gasteiger partial charge in [-0.05, 0) is 24.6 Å². The molecule has 4 rings (SSSR count). The van der Waals surface area contributed by atoms with Crippen LogP contribution in [0.1, 0.15) is 11.1 Å². The van der Waals surface area contributed by atoms with Crippen molar-refractivity contribution < 1.29 is 19.7 Å². The molecule has 0 fully saturated rings. The van der Waals surface area contributed by atoms with Crippen LogP contribution >= 0.6 is 0 Å². The smallest absolute Gasteiger partial charge is 0.329 e. The van der Waals surface area contributed by atoms with Gasteiger partial charge in [0.05, 0.1) is 6.54 Å². The average molecular weight is 494 g/mol. The van der Waals surface area contributed by atoms with Crippen LogP contribution in [0.2, 0.25) is 0 Å². The summed E-state index contributed by atoms with van der Waals surface area (Å²) < 4.78 is 8.18. The van der Waals surface area contributed by atoms with Crippen LogP contribution < -0.4 is 21.3 Å². The largest absolute Gasteiger partial charge is 0.491 e. The quantitative estimate of drug-likeness (QED) is 0.258. The summed E-state index contributed by atoms with van der Waals surface area (Å²) in [4.78, 5) is 43.4. The number of carbonyl (C=O) groups is 1. The van der Waals surface area contributed by atoms with Crippen molar-refractivity contribution in [2.75, 3.05) is 11.9 Å². The van der Waals surface area contributed by atoms with Crippen LogP contribution in [-0.2, 0) is 24.8 Å². The van der Waals surface area contributed by atoms with Gasteiger partial charge in [0.15, 0.2) is 11.2 Å². The number of aryl methyl sites for hydroxylation is 2. The van der Waals surface area contributed by atoms with Crippen molar-refractivity contribution >= 4 is 23.1 Å². The zero-order valence-electron chi connectivity index (χ0n) is 19.8. The molecular formula is C25H27N5O6. The Bertz CT molecular complexity index is 1470. The van der Waals surface area contributed by atoms with Gasteiger partial charge in [0.25, 0.3) is 5.56 Å². The number of aromatic nitrogens is 4. The fourth-order valence-corrected chi connectivity index (χ4v) is 3.82. The Morgan fingerprint density at radius 1 is 1.14 bits per heavy atom. The molecule has 2 heterocycles. The molecule has 0 saturated carbocycles. The Morgan fingerprint density at radius 3 is 2.50 bits per heavy atom. The van der Waals surface area contributed by atoms with Gasteiger partial charge >= 0.3 is 11.7 Å². The minimum Gasteiger partial charge on any atom is -0.491 e. The molecular weight excluding hydrogens is 466 g/mol. The van der Waals surface area contributed by atoms with Crippen LogP contribution in [0.5, 0.6) is 5.75 Å². The molecule has 0 spiro atoms. The number of nitrogens with one attached hydrogen (secondary N) is 2. The van der Waals surface area contributed by atoms with E-state index in [1.807, 2.05) is 37.3 Å². The number of hydrogen-bond acceptors (Lipinski definition) is 7. The highest BCUT2D eigenvalue weighted by atomic mass is 16.5. The lowest BCUT2D eigenvalue weighted by molar-refractivity contribution is -0.137. The van der Waals surface area contributed by atoms with E-state index >= 15 is 0 Å². The third-order valence-electron chi connectivity index (χ3n) is 5.75. The minimum absolute atomic E-state index is 0.0258. The standard InChI is InChI=1S/C25H27N5O6/c1-15-8-10-18(11-9-15)36-14-17(31)13-30-20-21(29(2)25(35)28-22(20)32)27-24(30)26-19(23(33)34)12-16-6-4-3-5-7-16/h3-11,17,19,31H,12-14H2,1-2H3,(H,26,27)(H,33,34)(H,28,32,35)/t17-,19+/m1/s1. The predicted octanol–water partition coefficient (Wildman–Crippen LogP) is 1.28. The summed E-state index contributed by atoms with van der Waals surface area (Å²) in [6, 6.07) is 15.3. The normalized spacial score (nSPS) is 12.9. The zero-order valence-corrected chi connectivity index (χ0v) is 19.8. The molecule has 2 aromatic heterocycles. The van der Waals surface area contributed by atoms with E-state index in [2.05, 4.69) is 15.3 Å². The number of hydrogen-bond donors (Lipinski definition) is 4. The number of carboxylic acids is 1. The summed E-state index contributed by atoms with van der Waals surface area (Å²) in [7, 11) is 1.44. The molecule has 0 bridgehead atoms. The van der Waals surface area contributed by atoms with E-state index < -0.39 is 29.4 Å². The van der Waals surface area contributed by atoms with Crippen molar-refractivity contribution in [3.05, 3.63) is 86.6 Å². The Kier molecular flexibility index (Phi) is 7.20. The molecule has 0 aliphatic rings. The monoisotopic (exact) mass is 493 g/mol. The SMILES string of the molecule is Cc1ccc(OC[C@H](O)Cn2c(N[C@@H](Cc3ccccc3)C(=O)O)nc3c2c(=O)[nH]c(=O)n3C)cc1. The van der Waals surface area contributed by atoms with Crippen molar-refractivity contribution in [3.63, 3.8) is 0 Å². The van der Waals surface area contributed by atoms with Crippen molar-refractivity contribution in [2.24, 2.45) is 7.05 Å². The van der Waals surface area contributed by atoms with Gasteiger partial charge < -0.3 is 24.8 Å². The van der Waals surface area contributed by atoms with Crippen LogP contribution in [0.25, 0.3) is 11.2 Å².